The molecule has 14 heteroatoms. The summed E-state index contributed by atoms with van der Waals surface area (Å²) in [5.41, 5.74) is 7.32. The molecule has 0 aliphatic heterocycles. The van der Waals surface area contributed by atoms with Crippen molar-refractivity contribution in [2.45, 2.75) is 26.5 Å². The van der Waals surface area contributed by atoms with Gasteiger partial charge in [-0.05, 0) is 36.8 Å². The number of ether oxygens (including phenoxy) is 2. The Morgan fingerprint density at radius 2 is 1.95 bits per heavy atom. The number of aromatic amines is 1. The summed E-state index contributed by atoms with van der Waals surface area (Å²) < 4.78 is 37.1. The number of hydrogen-bond acceptors (Lipinski definition) is 10. The van der Waals surface area contributed by atoms with Gasteiger partial charge in [-0.3, -0.25) is 19.1 Å². The van der Waals surface area contributed by atoms with Crippen LogP contribution in [0.2, 0.25) is 5.02 Å². The number of benzene rings is 2. The van der Waals surface area contributed by atoms with Gasteiger partial charge in [0.25, 0.3) is 5.56 Å². The van der Waals surface area contributed by atoms with Crippen LogP contribution in [0.5, 0.6) is 5.75 Å². The fourth-order valence-electron chi connectivity index (χ4n) is 3.44. The second-order valence-corrected chi connectivity index (χ2v) is 10.9. The summed E-state index contributed by atoms with van der Waals surface area (Å²) in [6.07, 6.45) is 0.894. The number of nitrogens with zero attached hydrogens (tertiary/aromatic N) is 3. The molecule has 0 radical (unpaired) electrons. The molecule has 206 valence electrons. The monoisotopic (exact) mass is 575 g/mol. The van der Waals surface area contributed by atoms with Crippen LogP contribution < -0.4 is 16.0 Å². The number of carbonyl (C=O) groups is 1. The number of halogens is 1. The third-order valence-corrected chi connectivity index (χ3v) is 7.22. The number of nitrogens with one attached hydrogen (secondary N) is 1. The number of nitrogen functional groups attached to an aromatic ring is 1. The first-order chi connectivity index (χ1) is 18.7. The van der Waals surface area contributed by atoms with Crippen molar-refractivity contribution in [3.63, 3.8) is 0 Å². The molecule has 0 saturated heterocycles. The zero-order chi connectivity index (χ0) is 27.8. The molecule has 0 saturated carbocycles. The van der Waals surface area contributed by atoms with E-state index in [1.54, 1.807) is 41.0 Å². The zero-order valence-corrected chi connectivity index (χ0v) is 22.7. The number of carbonyl (C=O) groups excluding carboxylic acids is 1. The quantitative estimate of drug-likeness (QED) is 0.103. The van der Waals surface area contributed by atoms with Gasteiger partial charge in [0.2, 0.25) is 5.95 Å². The van der Waals surface area contributed by atoms with Crippen LogP contribution in [-0.4, -0.2) is 45.1 Å². The van der Waals surface area contributed by atoms with E-state index >= 15 is 0 Å². The first-order valence-corrected chi connectivity index (χ1v) is 14.0. The maximum atomic E-state index is 13.5. The lowest BCUT2D eigenvalue weighted by Gasteiger charge is -2.19. The molecule has 39 heavy (non-hydrogen) atoms. The Kier molecular flexibility index (Phi) is 9.50. The number of aromatic nitrogens is 4. The van der Waals surface area contributed by atoms with Gasteiger partial charge in [-0.2, -0.15) is 4.98 Å². The van der Waals surface area contributed by atoms with Gasteiger partial charge in [-0.25, -0.2) is 4.98 Å². The predicted molar refractivity (Wildman–Crippen MR) is 145 cm³/mol. The van der Waals surface area contributed by atoms with Crippen LogP contribution in [0.25, 0.3) is 11.2 Å². The molecule has 1 atom stereocenters. The Morgan fingerprint density at radius 3 is 2.72 bits per heavy atom. The van der Waals surface area contributed by atoms with Gasteiger partial charge >= 0.3 is 13.6 Å². The summed E-state index contributed by atoms with van der Waals surface area (Å²) in [7, 11) is -3.80. The summed E-state index contributed by atoms with van der Waals surface area (Å²) in [4.78, 5) is 34.7. The highest BCUT2D eigenvalue weighted by atomic mass is 35.5. The SMILES string of the molecule is Cc1ccc(OC(=O)CCOP(=O)(COCCn2cnc3c(=O)[nH]c(N)nc32)OCc2cccc(Cl)c2)cc1. The molecular formula is C25H27ClN5O7P. The van der Waals surface area contributed by atoms with Crippen molar-refractivity contribution in [1.29, 1.82) is 0 Å². The highest BCUT2D eigenvalue weighted by Gasteiger charge is 2.26. The van der Waals surface area contributed by atoms with E-state index in [-0.39, 0.29) is 50.6 Å². The maximum absolute atomic E-state index is 13.5. The highest BCUT2D eigenvalue weighted by Crippen LogP contribution is 2.49. The molecule has 0 fully saturated rings. The second-order valence-electron chi connectivity index (χ2n) is 8.48. The lowest BCUT2D eigenvalue weighted by atomic mass is 10.2. The van der Waals surface area contributed by atoms with Gasteiger partial charge in [-0.1, -0.05) is 41.4 Å². The number of anilines is 1. The Balaban J connectivity index is 1.34. The largest absolute Gasteiger partial charge is 0.426 e. The average molecular weight is 576 g/mol. The van der Waals surface area contributed by atoms with Gasteiger partial charge in [0.15, 0.2) is 11.2 Å². The lowest BCUT2D eigenvalue weighted by Crippen LogP contribution is -2.14. The first-order valence-electron chi connectivity index (χ1n) is 11.9. The van der Waals surface area contributed by atoms with Crippen molar-refractivity contribution in [2.24, 2.45) is 0 Å². The molecule has 2 aromatic carbocycles. The van der Waals surface area contributed by atoms with Crippen molar-refractivity contribution in [2.75, 3.05) is 25.3 Å². The topological polar surface area (TPSA) is 161 Å². The third kappa shape index (κ3) is 8.22. The molecule has 0 bridgehead atoms. The van der Waals surface area contributed by atoms with Gasteiger partial charge in [-0.15, -0.1) is 0 Å². The molecule has 0 amide bonds. The number of aryl methyl sites for hydroxylation is 1. The molecule has 0 aliphatic carbocycles. The van der Waals surface area contributed by atoms with Crippen LogP contribution >= 0.6 is 19.2 Å². The molecule has 3 N–H and O–H groups in total. The molecule has 2 heterocycles. The van der Waals surface area contributed by atoms with Crippen LogP contribution in [0.3, 0.4) is 0 Å². The van der Waals surface area contributed by atoms with E-state index in [1.165, 1.54) is 6.33 Å². The van der Waals surface area contributed by atoms with Crippen molar-refractivity contribution in [3.8, 4) is 5.75 Å². The second kappa shape index (κ2) is 13.0. The molecule has 1 unspecified atom stereocenters. The number of esters is 1. The van der Waals surface area contributed by atoms with E-state index in [2.05, 4.69) is 15.0 Å². The summed E-state index contributed by atoms with van der Waals surface area (Å²) in [6.45, 7) is 1.98. The predicted octanol–water partition coefficient (Wildman–Crippen LogP) is 4.06. The van der Waals surface area contributed by atoms with Gasteiger partial charge in [0.05, 0.1) is 32.6 Å². The molecule has 0 aliphatic rings. The zero-order valence-electron chi connectivity index (χ0n) is 21.0. The third-order valence-electron chi connectivity index (χ3n) is 5.38. The fourth-order valence-corrected chi connectivity index (χ4v) is 4.95. The number of hydrogen-bond donors (Lipinski definition) is 2. The van der Waals surface area contributed by atoms with Crippen LogP contribution in [-0.2, 0) is 36.3 Å². The Morgan fingerprint density at radius 1 is 1.15 bits per heavy atom. The van der Waals surface area contributed by atoms with Crippen molar-refractivity contribution in [1.82, 2.24) is 19.5 Å². The van der Waals surface area contributed by atoms with E-state index < -0.39 is 19.1 Å². The molecule has 12 nitrogen and oxygen atoms in total. The van der Waals surface area contributed by atoms with Gasteiger partial charge in [0, 0.05) is 11.6 Å². The van der Waals surface area contributed by atoms with Crippen molar-refractivity contribution < 1.29 is 27.9 Å². The highest BCUT2D eigenvalue weighted by molar-refractivity contribution is 7.53. The van der Waals surface area contributed by atoms with E-state index in [1.807, 2.05) is 19.1 Å². The van der Waals surface area contributed by atoms with Gasteiger partial charge in [0.1, 0.15) is 12.1 Å². The van der Waals surface area contributed by atoms with Crippen LogP contribution in [0.4, 0.5) is 5.95 Å². The Labute approximate surface area is 228 Å². The summed E-state index contributed by atoms with van der Waals surface area (Å²) in [5, 5.41) is 0.502. The molecular weight excluding hydrogens is 549 g/mol. The normalized spacial score (nSPS) is 12.9. The number of nitrogens with two attached hydrogens (primary N) is 1. The van der Waals surface area contributed by atoms with Crippen LogP contribution in [0, 0.1) is 6.92 Å². The van der Waals surface area contributed by atoms with Gasteiger partial charge < -0.3 is 28.8 Å². The summed E-state index contributed by atoms with van der Waals surface area (Å²) >= 11 is 6.03. The molecule has 0 spiro atoms. The number of H-pyrrole nitrogens is 1. The fraction of sp³-hybridized carbons (Fsp3) is 0.280. The molecule has 2 aromatic heterocycles. The number of fused-ring (bicyclic) bond motifs is 1. The van der Waals surface area contributed by atoms with E-state index in [4.69, 9.17) is 35.9 Å². The standard InChI is InChI=1S/C25H27ClN5O7P/c1-17-5-7-20(8-6-17)38-21(32)9-11-36-39(34,37-14-18-3-2-4-19(26)13-18)16-35-12-10-31-15-28-22-23(31)29-25(27)30-24(22)33/h2-8,13,15H,9-12,14,16H2,1H3,(H3,27,29,30,33). The smallest absolute Gasteiger partial charge is 0.356 e. The Hall–Kier alpha value is -3.54. The molecule has 4 aromatic rings. The van der Waals surface area contributed by atoms with Crippen LogP contribution in [0.1, 0.15) is 17.5 Å². The minimum Gasteiger partial charge on any atom is -0.426 e. The van der Waals surface area contributed by atoms with E-state index in [9.17, 15) is 14.2 Å². The summed E-state index contributed by atoms with van der Waals surface area (Å²) in [5.74, 6) is -0.183. The van der Waals surface area contributed by atoms with E-state index in [0.29, 0.717) is 22.0 Å². The van der Waals surface area contributed by atoms with Crippen molar-refractivity contribution in [3.05, 3.63) is 81.4 Å². The lowest BCUT2D eigenvalue weighted by molar-refractivity contribution is -0.134. The minimum atomic E-state index is -3.80. The maximum Gasteiger partial charge on any atom is 0.356 e. The molecule has 4 rings (SSSR count). The number of imidazole rings is 1. The first kappa shape index (κ1) is 28.5. The number of rotatable bonds is 13. The summed E-state index contributed by atoms with van der Waals surface area (Å²) in [6, 6.07) is 13.9. The average Bonchev–Trinajstić information content (AvgIpc) is 3.30. The van der Waals surface area contributed by atoms with E-state index in [0.717, 1.165) is 5.56 Å². The Bertz CT molecular complexity index is 1540. The minimum absolute atomic E-state index is 0.0385. The van der Waals surface area contributed by atoms with Crippen LogP contribution in [0.15, 0.2) is 59.7 Å². The van der Waals surface area contributed by atoms with Crippen molar-refractivity contribution >= 4 is 42.3 Å².